The maximum atomic E-state index is 13.4. The Labute approximate surface area is 121 Å². The molecule has 0 spiro atoms. The van der Waals surface area contributed by atoms with Crippen LogP contribution in [0, 0.1) is 5.82 Å². The Morgan fingerprint density at radius 2 is 1.48 bits per heavy atom. The van der Waals surface area contributed by atoms with E-state index in [1.54, 1.807) is 0 Å². The van der Waals surface area contributed by atoms with Gasteiger partial charge in [-0.1, -0.05) is 36.4 Å². The van der Waals surface area contributed by atoms with Crippen LogP contribution in [0.5, 0.6) is 0 Å². The molecular formula is C16H17F3N2. The van der Waals surface area contributed by atoms with Crippen LogP contribution in [0.4, 0.5) is 13.2 Å². The molecule has 2 aromatic rings. The van der Waals surface area contributed by atoms with E-state index in [9.17, 15) is 13.2 Å². The lowest BCUT2D eigenvalue weighted by atomic mass is 10.1. The summed E-state index contributed by atoms with van der Waals surface area (Å²) in [5.74, 6) is -0.864. The van der Waals surface area contributed by atoms with E-state index in [0.29, 0.717) is 25.2 Å². The third-order valence-electron chi connectivity index (χ3n) is 3.22. The van der Waals surface area contributed by atoms with Crippen molar-refractivity contribution in [2.75, 3.05) is 0 Å². The highest BCUT2D eigenvalue weighted by atomic mass is 19.3. The lowest BCUT2D eigenvalue weighted by molar-refractivity contribution is 0.146. The Morgan fingerprint density at radius 1 is 0.905 bits per heavy atom. The van der Waals surface area contributed by atoms with Crippen LogP contribution < -0.4 is 11.1 Å². The topological polar surface area (TPSA) is 38.0 Å². The van der Waals surface area contributed by atoms with Gasteiger partial charge in [0.15, 0.2) is 0 Å². The van der Waals surface area contributed by atoms with E-state index < -0.39 is 17.8 Å². The summed E-state index contributed by atoms with van der Waals surface area (Å²) in [6.07, 6.45) is -2.78. The number of nitrogens with two attached hydrogens (primary N) is 1. The van der Waals surface area contributed by atoms with Gasteiger partial charge in [-0.2, -0.15) is 0 Å². The minimum Gasteiger partial charge on any atom is -0.326 e. The van der Waals surface area contributed by atoms with Crippen LogP contribution in [-0.2, 0) is 19.6 Å². The smallest absolute Gasteiger partial charge is 0.266 e. The van der Waals surface area contributed by atoms with Crippen molar-refractivity contribution < 1.29 is 13.2 Å². The van der Waals surface area contributed by atoms with Gasteiger partial charge >= 0.3 is 0 Å². The van der Waals surface area contributed by atoms with E-state index in [-0.39, 0.29) is 0 Å². The number of hydrogen-bond donors (Lipinski definition) is 2. The van der Waals surface area contributed by atoms with E-state index in [1.165, 1.54) is 6.07 Å². The molecule has 0 unspecified atom stereocenters. The molecule has 5 heteroatoms. The first-order valence-corrected chi connectivity index (χ1v) is 6.65. The molecule has 0 radical (unpaired) electrons. The van der Waals surface area contributed by atoms with Gasteiger partial charge in [-0.25, -0.2) is 13.2 Å². The second-order valence-corrected chi connectivity index (χ2v) is 4.78. The molecular weight excluding hydrogens is 277 g/mol. The van der Waals surface area contributed by atoms with E-state index in [4.69, 9.17) is 5.73 Å². The summed E-state index contributed by atoms with van der Waals surface area (Å²) < 4.78 is 38.3. The zero-order valence-electron chi connectivity index (χ0n) is 11.5. The molecule has 0 saturated heterocycles. The van der Waals surface area contributed by atoms with Gasteiger partial charge in [-0.3, -0.25) is 0 Å². The summed E-state index contributed by atoms with van der Waals surface area (Å²) in [5.41, 5.74) is 7.73. The average Bonchev–Trinajstić information content (AvgIpc) is 2.47. The molecule has 3 N–H and O–H groups in total. The number of hydrogen-bond acceptors (Lipinski definition) is 2. The molecule has 0 aliphatic heterocycles. The zero-order chi connectivity index (χ0) is 15.2. The van der Waals surface area contributed by atoms with Gasteiger partial charge in [-0.05, 0) is 22.8 Å². The van der Waals surface area contributed by atoms with E-state index in [0.717, 1.165) is 23.3 Å². The highest BCUT2D eigenvalue weighted by Gasteiger charge is 2.12. The van der Waals surface area contributed by atoms with E-state index >= 15 is 0 Å². The molecule has 0 fully saturated rings. The van der Waals surface area contributed by atoms with Crippen LogP contribution in [0.2, 0.25) is 0 Å². The third-order valence-corrected chi connectivity index (χ3v) is 3.22. The normalized spacial score (nSPS) is 11.1. The van der Waals surface area contributed by atoms with Crippen LogP contribution in [0.3, 0.4) is 0 Å². The molecule has 0 saturated carbocycles. The Hall–Kier alpha value is -1.85. The van der Waals surface area contributed by atoms with Crippen molar-refractivity contribution in [1.29, 1.82) is 0 Å². The Bertz CT molecular complexity index is 583. The van der Waals surface area contributed by atoms with Crippen molar-refractivity contribution in [3.8, 4) is 0 Å². The molecule has 0 aliphatic carbocycles. The zero-order valence-corrected chi connectivity index (χ0v) is 11.5. The quantitative estimate of drug-likeness (QED) is 0.855. The van der Waals surface area contributed by atoms with Gasteiger partial charge in [0, 0.05) is 19.6 Å². The summed E-state index contributed by atoms with van der Waals surface area (Å²) in [6, 6.07) is 11.6. The monoisotopic (exact) mass is 294 g/mol. The highest BCUT2D eigenvalue weighted by molar-refractivity contribution is 5.26. The molecule has 0 heterocycles. The first kappa shape index (κ1) is 15.5. The maximum absolute atomic E-state index is 13.4. The number of rotatable bonds is 6. The van der Waals surface area contributed by atoms with Crippen LogP contribution in [-0.4, -0.2) is 0 Å². The second-order valence-electron chi connectivity index (χ2n) is 4.78. The highest BCUT2D eigenvalue weighted by Crippen LogP contribution is 2.22. The first-order chi connectivity index (χ1) is 10.1. The number of nitrogens with one attached hydrogen (secondary N) is 1. The van der Waals surface area contributed by atoms with Crippen molar-refractivity contribution in [2.45, 2.75) is 26.1 Å². The van der Waals surface area contributed by atoms with E-state index in [1.807, 2.05) is 24.3 Å². The van der Waals surface area contributed by atoms with Crippen LogP contribution in [0.15, 0.2) is 42.5 Å². The summed E-state index contributed by atoms with van der Waals surface area (Å²) in [4.78, 5) is 0. The third kappa shape index (κ3) is 4.31. The maximum Gasteiger partial charge on any atom is 0.266 e. The Balaban J connectivity index is 1.89. The lowest BCUT2D eigenvalue weighted by Gasteiger charge is -2.08. The molecule has 2 nitrogen and oxygen atoms in total. The van der Waals surface area contributed by atoms with Crippen LogP contribution in [0.25, 0.3) is 0 Å². The fraction of sp³-hybridized carbons (Fsp3) is 0.250. The molecule has 2 rings (SSSR count). The lowest BCUT2D eigenvalue weighted by Crippen LogP contribution is -2.13. The molecule has 2 aromatic carbocycles. The van der Waals surface area contributed by atoms with Gasteiger partial charge in [0.05, 0.1) is 5.56 Å². The van der Waals surface area contributed by atoms with Crippen molar-refractivity contribution in [1.82, 2.24) is 5.32 Å². The van der Waals surface area contributed by atoms with Gasteiger partial charge in [0.25, 0.3) is 6.43 Å². The minimum atomic E-state index is -2.78. The standard InChI is InChI=1S/C16H17F3N2/c17-15-7-13(5-6-14(15)16(18)19)10-21-9-12-3-1-11(8-20)2-4-12/h1-7,16,21H,8-10,20H2. The summed E-state index contributed by atoms with van der Waals surface area (Å²) in [7, 11) is 0. The molecule has 0 amide bonds. The Kier molecular flexibility index (Phi) is 5.36. The molecule has 112 valence electrons. The second kappa shape index (κ2) is 7.24. The number of halogens is 3. The van der Waals surface area contributed by atoms with Crippen molar-refractivity contribution >= 4 is 0 Å². The molecule has 0 aromatic heterocycles. The fourth-order valence-electron chi connectivity index (χ4n) is 2.00. The largest absolute Gasteiger partial charge is 0.326 e. The molecule has 21 heavy (non-hydrogen) atoms. The molecule has 0 bridgehead atoms. The van der Waals surface area contributed by atoms with Crippen LogP contribution in [0.1, 0.15) is 28.7 Å². The summed E-state index contributed by atoms with van der Waals surface area (Å²) in [6.45, 7) is 1.53. The number of alkyl halides is 2. The summed E-state index contributed by atoms with van der Waals surface area (Å²) in [5, 5.41) is 3.15. The van der Waals surface area contributed by atoms with Gasteiger partial charge in [0.1, 0.15) is 5.82 Å². The predicted molar refractivity (Wildman–Crippen MR) is 76.2 cm³/mol. The van der Waals surface area contributed by atoms with Gasteiger partial charge in [0.2, 0.25) is 0 Å². The molecule has 0 atom stereocenters. The van der Waals surface area contributed by atoms with Crippen molar-refractivity contribution in [2.24, 2.45) is 5.73 Å². The number of benzene rings is 2. The molecule has 0 aliphatic rings. The van der Waals surface area contributed by atoms with Gasteiger partial charge < -0.3 is 11.1 Å². The van der Waals surface area contributed by atoms with Crippen LogP contribution >= 0.6 is 0 Å². The Morgan fingerprint density at radius 3 is 2.05 bits per heavy atom. The van der Waals surface area contributed by atoms with Gasteiger partial charge in [-0.15, -0.1) is 0 Å². The van der Waals surface area contributed by atoms with E-state index in [2.05, 4.69) is 5.32 Å². The van der Waals surface area contributed by atoms with Crippen molar-refractivity contribution in [3.05, 3.63) is 70.5 Å². The van der Waals surface area contributed by atoms with Crippen molar-refractivity contribution in [3.63, 3.8) is 0 Å². The minimum absolute atomic E-state index is 0.416. The predicted octanol–water partition coefficient (Wildman–Crippen LogP) is 3.51. The average molecular weight is 294 g/mol. The SMILES string of the molecule is NCc1ccc(CNCc2ccc(C(F)F)c(F)c2)cc1. The summed E-state index contributed by atoms with van der Waals surface area (Å²) >= 11 is 0. The first-order valence-electron chi connectivity index (χ1n) is 6.65. The fourth-order valence-corrected chi connectivity index (χ4v) is 2.00.